The van der Waals surface area contributed by atoms with Gasteiger partial charge in [0.1, 0.15) is 23.0 Å². The van der Waals surface area contributed by atoms with Gasteiger partial charge in [-0.25, -0.2) is 9.59 Å². The van der Waals surface area contributed by atoms with E-state index in [1.165, 1.54) is 0 Å². The molecular weight excluding hydrogens is 584 g/mol. The second kappa shape index (κ2) is 17.7. The number of esters is 2. The molecule has 0 saturated heterocycles. The molecule has 0 amide bonds. The zero-order valence-electron chi connectivity index (χ0n) is 26.4. The largest absolute Gasteiger partial charge is 0.494 e. The topological polar surface area (TPSA) is 112 Å². The average Bonchev–Trinajstić information content (AvgIpc) is 3.06. The molecule has 0 radical (unpaired) electrons. The Labute approximate surface area is 270 Å². The van der Waals surface area contributed by atoms with Gasteiger partial charge in [0.2, 0.25) is 0 Å². The highest BCUT2D eigenvalue weighted by atomic mass is 16.5. The van der Waals surface area contributed by atoms with Crippen molar-refractivity contribution in [3.8, 4) is 23.0 Å². The average molecular weight is 627 g/mol. The Bertz CT molecular complexity index is 1380. The number of unbranched alkanes of at least 4 members (excludes halogenated alkanes) is 1. The summed E-state index contributed by atoms with van der Waals surface area (Å²) >= 11 is 0. The third-order valence-corrected chi connectivity index (χ3v) is 7.23. The van der Waals surface area contributed by atoms with E-state index in [4.69, 9.17) is 18.9 Å². The summed E-state index contributed by atoms with van der Waals surface area (Å²) in [5, 5.41) is 18.9. The van der Waals surface area contributed by atoms with Crippen LogP contribution in [0.2, 0.25) is 0 Å². The molecule has 0 spiro atoms. The molecule has 0 aliphatic carbocycles. The first kappa shape index (κ1) is 34.2. The molecule has 2 atom stereocenters. The maximum atomic E-state index is 12.5. The van der Waals surface area contributed by atoms with Crippen LogP contribution in [0.4, 0.5) is 0 Å². The minimum atomic E-state index is -0.444. The molecule has 0 aromatic heterocycles. The van der Waals surface area contributed by atoms with Crippen molar-refractivity contribution in [3.63, 3.8) is 0 Å². The summed E-state index contributed by atoms with van der Waals surface area (Å²) in [6.45, 7) is 4.53. The predicted octanol–water partition coefficient (Wildman–Crippen LogP) is 6.99. The van der Waals surface area contributed by atoms with Gasteiger partial charge in [0, 0.05) is 0 Å². The normalized spacial score (nSPS) is 12.2. The minimum absolute atomic E-state index is 0.348. The Morgan fingerprint density at radius 1 is 0.522 bits per heavy atom. The lowest BCUT2D eigenvalue weighted by Crippen LogP contribution is -2.09. The number of carbonyl (C=O) groups is 2. The highest BCUT2D eigenvalue weighted by Gasteiger charge is 2.11. The molecule has 8 heteroatoms. The van der Waals surface area contributed by atoms with E-state index < -0.39 is 11.9 Å². The fourth-order valence-corrected chi connectivity index (χ4v) is 4.49. The Hall–Kier alpha value is -4.66. The lowest BCUT2D eigenvalue weighted by atomic mass is 10.1. The summed E-state index contributed by atoms with van der Waals surface area (Å²) < 4.78 is 22.5. The lowest BCUT2D eigenvalue weighted by molar-refractivity contribution is 0.0725. The van der Waals surface area contributed by atoms with Crippen molar-refractivity contribution < 1.29 is 38.7 Å². The van der Waals surface area contributed by atoms with E-state index in [-0.39, 0.29) is 12.2 Å². The minimum Gasteiger partial charge on any atom is -0.494 e. The molecule has 2 N–H and O–H groups in total. The molecule has 0 heterocycles. The molecule has 4 aromatic carbocycles. The van der Waals surface area contributed by atoms with Crippen LogP contribution < -0.4 is 18.9 Å². The van der Waals surface area contributed by atoms with Gasteiger partial charge in [0.25, 0.3) is 0 Å². The highest BCUT2D eigenvalue weighted by Crippen LogP contribution is 2.20. The van der Waals surface area contributed by atoms with E-state index in [9.17, 15) is 19.8 Å². The summed E-state index contributed by atoms with van der Waals surface area (Å²) in [6.07, 6.45) is 3.75. The van der Waals surface area contributed by atoms with E-state index >= 15 is 0 Å². The predicted molar refractivity (Wildman–Crippen MR) is 176 cm³/mol. The highest BCUT2D eigenvalue weighted by molar-refractivity contribution is 5.91. The standard InChI is InChI=1S/C38H42O8/c1-27(39)5-7-29-9-17-35(18-10-29)45-37(41)31-13-21-33(22-14-31)43-25-3-4-26-44-34-23-15-32(16-24-34)38(42)46-36-19-11-30(12-20-36)8-6-28(2)40/h9-24,27-28,39-40H,3-8,25-26H2,1-2H3. The summed E-state index contributed by atoms with van der Waals surface area (Å²) in [4.78, 5) is 25.0. The van der Waals surface area contributed by atoms with Crippen LogP contribution in [0.5, 0.6) is 23.0 Å². The van der Waals surface area contributed by atoms with Crippen LogP contribution in [0.15, 0.2) is 97.1 Å². The fourth-order valence-electron chi connectivity index (χ4n) is 4.49. The number of hydrogen-bond donors (Lipinski definition) is 2. The van der Waals surface area contributed by atoms with E-state index in [2.05, 4.69) is 0 Å². The molecule has 242 valence electrons. The number of carbonyl (C=O) groups excluding carboxylic acids is 2. The number of rotatable bonds is 17. The fraction of sp³-hybridized carbons (Fsp3) is 0.316. The van der Waals surface area contributed by atoms with Crippen molar-refractivity contribution in [2.45, 2.75) is 64.6 Å². The summed E-state index contributed by atoms with van der Waals surface area (Å²) in [5.74, 6) is 1.37. The van der Waals surface area contributed by atoms with E-state index in [0.29, 0.717) is 60.2 Å². The molecule has 4 aromatic rings. The lowest BCUT2D eigenvalue weighted by Gasteiger charge is -2.10. The van der Waals surface area contributed by atoms with Gasteiger partial charge < -0.3 is 29.2 Å². The van der Waals surface area contributed by atoms with Crippen molar-refractivity contribution in [3.05, 3.63) is 119 Å². The smallest absolute Gasteiger partial charge is 0.343 e. The van der Waals surface area contributed by atoms with Crippen LogP contribution in [0.3, 0.4) is 0 Å². The Balaban J connectivity index is 1.10. The van der Waals surface area contributed by atoms with Crippen molar-refractivity contribution in [2.24, 2.45) is 0 Å². The van der Waals surface area contributed by atoms with Crippen LogP contribution >= 0.6 is 0 Å². The van der Waals surface area contributed by atoms with Crippen LogP contribution in [0, 0.1) is 0 Å². The number of aliphatic hydroxyl groups excluding tert-OH is 2. The number of aryl methyl sites for hydroxylation is 2. The molecule has 0 bridgehead atoms. The van der Waals surface area contributed by atoms with Gasteiger partial charge in [0.05, 0.1) is 36.5 Å². The molecule has 0 saturated carbocycles. The Morgan fingerprint density at radius 2 is 0.848 bits per heavy atom. The number of aliphatic hydroxyl groups is 2. The quantitative estimate of drug-likeness (QED) is 0.0733. The second-order valence-corrected chi connectivity index (χ2v) is 11.3. The van der Waals surface area contributed by atoms with Gasteiger partial charge in [-0.3, -0.25) is 0 Å². The van der Waals surface area contributed by atoms with Crippen molar-refractivity contribution in [2.75, 3.05) is 13.2 Å². The van der Waals surface area contributed by atoms with E-state index in [0.717, 1.165) is 36.8 Å². The van der Waals surface area contributed by atoms with E-state index in [1.54, 1.807) is 86.6 Å². The van der Waals surface area contributed by atoms with Gasteiger partial charge in [0.15, 0.2) is 0 Å². The monoisotopic (exact) mass is 626 g/mol. The third-order valence-electron chi connectivity index (χ3n) is 7.23. The van der Waals surface area contributed by atoms with Gasteiger partial charge in [-0.1, -0.05) is 24.3 Å². The van der Waals surface area contributed by atoms with Crippen molar-refractivity contribution >= 4 is 11.9 Å². The number of ether oxygens (including phenoxy) is 4. The third kappa shape index (κ3) is 11.7. The van der Waals surface area contributed by atoms with Gasteiger partial charge in [-0.15, -0.1) is 0 Å². The molecule has 46 heavy (non-hydrogen) atoms. The molecule has 0 fully saturated rings. The molecule has 8 nitrogen and oxygen atoms in total. The Morgan fingerprint density at radius 3 is 1.17 bits per heavy atom. The zero-order valence-corrected chi connectivity index (χ0v) is 26.4. The molecule has 0 aliphatic heterocycles. The first-order chi connectivity index (χ1) is 22.2. The zero-order chi connectivity index (χ0) is 32.7. The summed E-state index contributed by atoms with van der Waals surface area (Å²) in [6, 6.07) is 28.3. The molecule has 2 unspecified atom stereocenters. The first-order valence-electron chi connectivity index (χ1n) is 15.7. The molecular formula is C38H42O8. The van der Waals surface area contributed by atoms with Gasteiger partial charge >= 0.3 is 11.9 Å². The molecule has 4 rings (SSSR count). The second-order valence-electron chi connectivity index (χ2n) is 11.3. The maximum absolute atomic E-state index is 12.5. The Kier molecular flexibility index (Phi) is 13.2. The first-order valence-corrected chi connectivity index (χ1v) is 15.7. The van der Waals surface area contributed by atoms with Crippen LogP contribution in [0.1, 0.15) is 71.4 Å². The molecule has 0 aliphatic rings. The van der Waals surface area contributed by atoms with E-state index in [1.807, 2.05) is 24.3 Å². The van der Waals surface area contributed by atoms with Gasteiger partial charge in [-0.2, -0.15) is 0 Å². The van der Waals surface area contributed by atoms with Crippen LogP contribution in [0.25, 0.3) is 0 Å². The van der Waals surface area contributed by atoms with Crippen molar-refractivity contribution in [1.82, 2.24) is 0 Å². The SMILES string of the molecule is CC(O)CCc1ccc(OC(=O)c2ccc(OCCCCOc3ccc(C(=O)Oc4ccc(CCC(C)O)cc4)cc3)cc2)cc1. The van der Waals surface area contributed by atoms with Crippen LogP contribution in [-0.2, 0) is 12.8 Å². The van der Waals surface area contributed by atoms with Gasteiger partial charge in [-0.05, 0) is 136 Å². The number of benzene rings is 4. The van der Waals surface area contributed by atoms with Crippen molar-refractivity contribution in [1.29, 1.82) is 0 Å². The maximum Gasteiger partial charge on any atom is 0.343 e. The summed E-state index contributed by atoms with van der Waals surface area (Å²) in [7, 11) is 0. The number of hydrogen-bond acceptors (Lipinski definition) is 8. The summed E-state index contributed by atoms with van der Waals surface area (Å²) in [5.41, 5.74) is 3.01. The van der Waals surface area contributed by atoms with Crippen LogP contribution in [-0.4, -0.2) is 47.6 Å².